The van der Waals surface area contributed by atoms with Crippen molar-refractivity contribution in [2.24, 2.45) is 0 Å². The van der Waals surface area contributed by atoms with Crippen LogP contribution in [0, 0.1) is 0 Å². The van der Waals surface area contributed by atoms with Crippen molar-refractivity contribution in [2.45, 2.75) is 30.2 Å². The molecular formula is C23H24N4O2S2. The number of hydrogen-bond donors (Lipinski definition) is 0. The average molecular weight is 453 g/mol. The maximum atomic E-state index is 11.6. The topological polar surface area (TPSA) is 67.6 Å². The van der Waals surface area contributed by atoms with Gasteiger partial charge in [-0.25, -0.2) is 17.9 Å². The van der Waals surface area contributed by atoms with Crippen molar-refractivity contribution in [3.8, 4) is 11.3 Å². The van der Waals surface area contributed by atoms with Crippen LogP contribution in [0.4, 0.5) is 0 Å². The molecule has 1 saturated heterocycles. The third-order valence-corrected chi connectivity index (χ3v) is 8.04. The molecule has 2 aromatic carbocycles. The molecule has 31 heavy (non-hydrogen) atoms. The summed E-state index contributed by atoms with van der Waals surface area (Å²) in [5, 5.41) is 5.96. The fourth-order valence-corrected chi connectivity index (χ4v) is 5.75. The molecule has 5 rings (SSSR count). The van der Waals surface area contributed by atoms with Crippen LogP contribution in [0.3, 0.4) is 0 Å². The molecule has 8 heteroatoms. The zero-order valence-electron chi connectivity index (χ0n) is 17.3. The van der Waals surface area contributed by atoms with E-state index in [-0.39, 0.29) is 0 Å². The SMILES string of the molecule is CS(=O)(=O)c1ccc(-c2cn3nc(C4CCN(Cc5ccccc5)CC4)sc3n2)cc1. The van der Waals surface area contributed by atoms with E-state index >= 15 is 0 Å². The average Bonchev–Trinajstić information content (AvgIpc) is 3.34. The molecule has 0 unspecified atom stereocenters. The van der Waals surface area contributed by atoms with Crippen molar-refractivity contribution in [1.29, 1.82) is 0 Å². The first-order valence-corrected chi connectivity index (χ1v) is 13.1. The number of piperidine rings is 1. The van der Waals surface area contributed by atoms with Gasteiger partial charge in [-0.05, 0) is 43.6 Å². The van der Waals surface area contributed by atoms with Gasteiger partial charge < -0.3 is 0 Å². The fourth-order valence-electron chi connectivity index (χ4n) is 4.07. The van der Waals surface area contributed by atoms with Gasteiger partial charge in [0.05, 0.1) is 16.8 Å². The summed E-state index contributed by atoms with van der Waals surface area (Å²) in [4.78, 5) is 8.43. The molecule has 6 nitrogen and oxygen atoms in total. The summed E-state index contributed by atoms with van der Waals surface area (Å²) >= 11 is 1.66. The third kappa shape index (κ3) is 4.42. The fraction of sp³-hybridized carbons (Fsp3) is 0.304. The molecule has 4 aromatic rings. The molecule has 1 aliphatic heterocycles. The van der Waals surface area contributed by atoms with Crippen LogP contribution in [0.2, 0.25) is 0 Å². The van der Waals surface area contributed by atoms with E-state index in [0.717, 1.165) is 53.7 Å². The molecule has 0 N–H and O–H groups in total. The van der Waals surface area contributed by atoms with Gasteiger partial charge in [0, 0.05) is 24.3 Å². The maximum Gasteiger partial charge on any atom is 0.212 e. The van der Waals surface area contributed by atoms with Crippen LogP contribution in [0.5, 0.6) is 0 Å². The van der Waals surface area contributed by atoms with Crippen molar-refractivity contribution in [3.63, 3.8) is 0 Å². The molecule has 0 bridgehead atoms. The number of sulfone groups is 1. The van der Waals surface area contributed by atoms with Gasteiger partial charge in [0.1, 0.15) is 5.01 Å². The molecule has 160 valence electrons. The zero-order chi connectivity index (χ0) is 21.4. The van der Waals surface area contributed by atoms with E-state index in [1.807, 2.05) is 10.7 Å². The minimum absolute atomic E-state index is 0.316. The van der Waals surface area contributed by atoms with E-state index in [9.17, 15) is 8.42 Å². The first kappa shape index (κ1) is 20.4. The summed E-state index contributed by atoms with van der Waals surface area (Å²) in [6.45, 7) is 3.18. The van der Waals surface area contributed by atoms with Gasteiger partial charge in [-0.1, -0.05) is 53.8 Å². The Kier molecular flexibility index (Phi) is 5.37. The Bertz CT molecular complexity index is 1260. The highest BCUT2D eigenvalue weighted by molar-refractivity contribution is 7.90. The lowest BCUT2D eigenvalue weighted by Gasteiger charge is -2.30. The summed E-state index contributed by atoms with van der Waals surface area (Å²) in [6.07, 6.45) is 5.37. The molecule has 1 fully saturated rings. The minimum atomic E-state index is -3.19. The van der Waals surface area contributed by atoms with Crippen molar-refractivity contribution in [1.82, 2.24) is 19.5 Å². The van der Waals surface area contributed by atoms with Gasteiger partial charge in [0.2, 0.25) is 4.96 Å². The van der Waals surface area contributed by atoms with Gasteiger partial charge in [0.15, 0.2) is 9.84 Å². The molecule has 2 aromatic heterocycles. The Morgan fingerprint density at radius 3 is 2.39 bits per heavy atom. The lowest BCUT2D eigenvalue weighted by Crippen LogP contribution is -2.32. The Morgan fingerprint density at radius 1 is 1.03 bits per heavy atom. The maximum absolute atomic E-state index is 11.6. The second kappa shape index (κ2) is 8.18. The van der Waals surface area contributed by atoms with Crippen LogP contribution in [0.25, 0.3) is 16.2 Å². The predicted molar refractivity (Wildman–Crippen MR) is 123 cm³/mol. The molecule has 0 amide bonds. The van der Waals surface area contributed by atoms with E-state index < -0.39 is 9.84 Å². The van der Waals surface area contributed by atoms with Crippen LogP contribution in [-0.2, 0) is 16.4 Å². The summed E-state index contributed by atoms with van der Waals surface area (Å²) in [6, 6.07) is 17.5. The summed E-state index contributed by atoms with van der Waals surface area (Å²) in [7, 11) is -3.19. The van der Waals surface area contributed by atoms with E-state index in [0.29, 0.717) is 10.8 Å². The predicted octanol–water partition coefficient (Wildman–Crippen LogP) is 4.24. The van der Waals surface area contributed by atoms with Gasteiger partial charge >= 0.3 is 0 Å². The summed E-state index contributed by atoms with van der Waals surface area (Å²) in [5.41, 5.74) is 3.06. The number of fused-ring (bicyclic) bond motifs is 1. The first-order valence-electron chi connectivity index (χ1n) is 10.4. The number of rotatable bonds is 5. The highest BCUT2D eigenvalue weighted by atomic mass is 32.2. The van der Waals surface area contributed by atoms with Crippen LogP contribution >= 0.6 is 11.3 Å². The van der Waals surface area contributed by atoms with Gasteiger partial charge in [-0.2, -0.15) is 5.10 Å². The van der Waals surface area contributed by atoms with Crippen LogP contribution < -0.4 is 0 Å². The van der Waals surface area contributed by atoms with Crippen LogP contribution in [0.15, 0.2) is 65.7 Å². The Labute approximate surface area is 186 Å². The van der Waals surface area contributed by atoms with Gasteiger partial charge in [0.25, 0.3) is 0 Å². The van der Waals surface area contributed by atoms with Crippen LogP contribution in [-0.4, -0.2) is 47.3 Å². The largest absolute Gasteiger partial charge is 0.299 e. The molecule has 0 radical (unpaired) electrons. The highest BCUT2D eigenvalue weighted by Crippen LogP contribution is 2.32. The summed E-state index contributed by atoms with van der Waals surface area (Å²) < 4.78 is 25.2. The zero-order valence-corrected chi connectivity index (χ0v) is 18.9. The molecule has 0 aliphatic carbocycles. The van der Waals surface area contributed by atoms with E-state index in [2.05, 4.69) is 35.2 Å². The van der Waals surface area contributed by atoms with Gasteiger partial charge in [-0.15, -0.1) is 0 Å². The van der Waals surface area contributed by atoms with E-state index in [4.69, 9.17) is 10.1 Å². The first-order chi connectivity index (χ1) is 15.0. The molecule has 0 atom stereocenters. The van der Waals surface area contributed by atoms with Crippen molar-refractivity contribution < 1.29 is 8.42 Å². The monoisotopic (exact) mass is 452 g/mol. The second-order valence-electron chi connectivity index (χ2n) is 8.13. The molecule has 0 saturated carbocycles. The lowest BCUT2D eigenvalue weighted by atomic mass is 9.97. The van der Waals surface area contributed by atoms with E-state index in [1.54, 1.807) is 35.6 Å². The Morgan fingerprint density at radius 2 is 1.74 bits per heavy atom. The number of imidazole rings is 1. The number of aromatic nitrogens is 3. The summed E-state index contributed by atoms with van der Waals surface area (Å²) in [5.74, 6) is 0.483. The quantitative estimate of drug-likeness (QED) is 0.453. The molecule has 0 spiro atoms. The Balaban J connectivity index is 1.26. The molecule has 3 heterocycles. The highest BCUT2D eigenvalue weighted by Gasteiger charge is 2.24. The van der Waals surface area contributed by atoms with E-state index in [1.165, 1.54) is 11.8 Å². The molecule has 1 aliphatic rings. The van der Waals surface area contributed by atoms with Crippen molar-refractivity contribution >= 4 is 26.1 Å². The smallest absolute Gasteiger partial charge is 0.212 e. The number of benzene rings is 2. The Hall–Kier alpha value is -2.55. The normalized spacial score (nSPS) is 16.2. The van der Waals surface area contributed by atoms with Crippen molar-refractivity contribution in [3.05, 3.63) is 71.4 Å². The second-order valence-corrected chi connectivity index (χ2v) is 11.1. The minimum Gasteiger partial charge on any atom is -0.299 e. The number of likely N-dealkylation sites (tertiary alicyclic amines) is 1. The number of hydrogen-bond acceptors (Lipinski definition) is 6. The van der Waals surface area contributed by atoms with Crippen LogP contribution in [0.1, 0.15) is 29.3 Å². The van der Waals surface area contributed by atoms with Crippen molar-refractivity contribution in [2.75, 3.05) is 19.3 Å². The lowest BCUT2D eigenvalue weighted by molar-refractivity contribution is 0.204. The van der Waals surface area contributed by atoms with Gasteiger partial charge in [-0.3, -0.25) is 4.90 Å². The molecular weight excluding hydrogens is 428 g/mol. The number of nitrogens with zero attached hydrogens (tertiary/aromatic N) is 4. The standard InChI is InChI=1S/C23H24N4O2S2/c1-31(28,29)20-9-7-18(8-10-20)21-16-27-23(24-21)30-22(25-27)19-11-13-26(14-12-19)15-17-5-3-2-4-6-17/h2-10,16,19H,11-15H2,1H3. The third-order valence-electron chi connectivity index (χ3n) is 5.82.